The summed E-state index contributed by atoms with van der Waals surface area (Å²) in [7, 11) is 0. The number of aromatic amines is 1. The summed E-state index contributed by atoms with van der Waals surface area (Å²) >= 11 is 0. The predicted octanol–water partition coefficient (Wildman–Crippen LogP) is 3.06. The monoisotopic (exact) mass is 299 g/mol. The number of carbonyl (C=O) groups excluding carboxylic acids is 2. The zero-order valence-corrected chi connectivity index (χ0v) is 12.4. The van der Waals surface area contributed by atoms with Crippen LogP contribution in [0, 0.1) is 6.92 Å². The lowest BCUT2D eigenvalue weighted by atomic mass is 10.1. The highest BCUT2D eigenvalue weighted by Crippen LogP contribution is 2.22. The second-order valence-electron chi connectivity index (χ2n) is 4.70. The minimum absolute atomic E-state index is 0.134. The van der Waals surface area contributed by atoms with Crippen LogP contribution in [0.3, 0.4) is 0 Å². The molecule has 0 saturated carbocycles. The number of para-hydroxylation sites is 1. The first kappa shape index (κ1) is 15.6. The fraction of sp³-hybridized carbons (Fsp3) is 0.176. The first-order valence-electron chi connectivity index (χ1n) is 6.90. The van der Waals surface area contributed by atoms with Gasteiger partial charge in [-0.3, -0.25) is 4.79 Å². The normalized spacial score (nSPS) is 12.0. The molecule has 1 aromatic heterocycles. The molecule has 2 N–H and O–H groups in total. The third kappa shape index (κ3) is 3.44. The topological polar surface area (TPSA) is 79.4 Å². The molecule has 0 unspecified atom stereocenters. The number of allylic oxidation sites excluding steroid dienone is 2. The summed E-state index contributed by atoms with van der Waals surface area (Å²) in [6.07, 6.45) is 3.81. The zero-order chi connectivity index (χ0) is 16.1. The molecule has 22 heavy (non-hydrogen) atoms. The van der Waals surface area contributed by atoms with Crippen LogP contribution in [0.2, 0.25) is 0 Å². The largest absolute Gasteiger partial charge is 0.502 e. The molecule has 0 aliphatic carbocycles. The van der Waals surface area contributed by atoms with E-state index in [9.17, 15) is 14.7 Å². The minimum Gasteiger partial charge on any atom is -0.502 e. The standard InChI is InChI=1S/C17H17NO4/c1-3-22-17(21)16(20)10-12(19)8-9-13-11(2)18-15-7-5-4-6-14(13)15/h4-10,18,20H,3H2,1-2H3/b9-8+,16-10-. The fourth-order valence-corrected chi connectivity index (χ4v) is 2.13. The van der Waals surface area contributed by atoms with Crippen LogP contribution < -0.4 is 0 Å². The average molecular weight is 299 g/mol. The number of aryl methyl sites for hydroxylation is 1. The number of hydrogen-bond donors (Lipinski definition) is 2. The highest BCUT2D eigenvalue weighted by atomic mass is 16.5. The molecule has 2 aromatic rings. The number of aromatic nitrogens is 1. The summed E-state index contributed by atoms with van der Waals surface area (Å²) in [5.74, 6) is -2.10. The fourth-order valence-electron chi connectivity index (χ4n) is 2.13. The Morgan fingerprint density at radius 2 is 2.05 bits per heavy atom. The predicted molar refractivity (Wildman–Crippen MR) is 84.4 cm³/mol. The van der Waals surface area contributed by atoms with Crippen molar-refractivity contribution in [3.8, 4) is 0 Å². The van der Waals surface area contributed by atoms with E-state index in [0.29, 0.717) is 0 Å². The number of H-pyrrole nitrogens is 1. The second kappa shape index (κ2) is 6.76. The van der Waals surface area contributed by atoms with E-state index in [4.69, 9.17) is 0 Å². The van der Waals surface area contributed by atoms with Crippen LogP contribution >= 0.6 is 0 Å². The van der Waals surface area contributed by atoms with Crippen molar-refractivity contribution in [1.29, 1.82) is 0 Å². The van der Waals surface area contributed by atoms with Gasteiger partial charge in [0.15, 0.2) is 5.78 Å². The van der Waals surface area contributed by atoms with Crippen molar-refractivity contribution in [1.82, 2.24) is 4.98 Å². The first-order valence-corrected chi connectivity index (χ1v) is 6.90. The van der Waals surface area contributed by atoms with Crippen molar-refractivity contribution in [2.75, 3.05) is 6.61 Å². The Labute approximate surface area is 127 Å². The van der Waals surface area contributed by atoms with E-state index in [1.165, 1.54) is 6.08 Å². The van der Waals surface area contributed by atoms with Crippen LogP contribution in [0.25, 0.3) is 17.0 Å². The van der Waals surface area contributed by atoms with Crippen LogP contribution in [0.15, 0.2) is 42.2 Å². The SMILES string of the molecule is CCOC(=O)/C(O)=C/C(=O)/C=C/c1c(C)[nH]c2ccccc12. The lowest BCUT2D eigenvalue weighted by Gasteiger charge is -1.98. The maximum absolute atomic E-state index is 11.8. The summed E-state index contributed by atoms with van der Waals surface area (Å²) in [6, 6.07) is 7.75. The van der Waals surface area contributed by atoms with Gasteiger partial charge in [-0.2, -0.15) is 0 Å². The van der Waals surface area contributed by atoms with Crippen molar-refractivity contribution in [2.24, 2.45) is 0 Å². The third-order valence-electron chi connectivity index (χ3n) is 3.12. The summed E-state index contributed by atoms with van der Waals surface area (Å²) < 4.78 is 4.59. The number of ether oxygens (including phenoxy) is 1. The second-order valence-corrected chi connectivity index (χ2v) is 4.70. The molecule has 0 spiro atoms. The van der Waals surface area contributed by atoms with Gasteiger partial charge in [-0.05, 0) is 32.1 Å². The molecule has 0 atom stereocenters. The average Bonchev–Trinajstić information content (AvgIpc) is 2.80. The Morgan fingerprint density at radius 3 is 2.77 bits per heavy atom. The molecule has 5 nitrogen and oxygen atoms in total. The molecule has 1 aromatic carbocycles. The quantitative estimate of drug-likeness (QED) is 0.505. The van der Waals surface area contributed by atoms with Crippen LogP contribution in [-0.4, -0.2) is 28.4 Å². The number of rotatable bonds is 5. The Kier molecular flexibility index (Phi) is 4.78. The lowest BCUT2D eigenvalue weighted by molar-refractivity contribution is -0.141. The molecular weight excluding hydrogens is 282 g/mol. The minimum atomic E-state index is -0.910. The Hall–Kier alpha value is -2.82. The van der Waals surface area contributed by atoms with Gasteiger partial charge in [-0.25, -0.2) is 4.79 Å². The van der Waals surface area contributed by atoms with Crippen molar-refractivity contribution < 1.29 is 19.4 Å². The van der Waals surface area contributed by atoms with Crippen LogP contribution in [0.4, 0.5) is 0 Å². The summed E-state index contributed by atoms with van der Waals surface area (Å²) in [5, 5.41) is 10.4. The van der Waals surface area contributed by atoms with Gasteiger partial charge >= 0.3 is 5.97 Å². The third-order valence-corrected chi connectivity index (χ3v) is 3.12. The number of fused-ring (bicyclic) bond motifs is 1. The number of aliphatic hydroxyl groups is 1. The number of hydrogen-bond acceptors (Lipinski definition) is 4. The molecule has 0 bridgehead atoms. The summed E-state index contributed by atoms with van der Waals surface area (Å²) in [4.78, 5) is 26.2. The van der Waals surface area contributed by atoms with E-state index in [2.05, 4.69) is 9.72 Å². The molecule has 0 saturated heterocycles. The molecular formula is C17H17NO4. The number of benzene rings is 1. The molecule has 0 radical (unpaired) electrons. The first-order chi connectivity index (χ1) is 10.5. The van der Waals surface area contributed by atoms with Crippen molar-refractivity contribution in [3.63, 3.8) is 0 Å². The number of nitrogens with one attached hydrogen (secondary N) is 1. The Bertz CT molecular complexity index is 768. The molecule has 5 heteroatoms. The van der Waals surface area contributed by atoms with Gasteiger partial charge < -0.3 is 14.8 Å². The van der Waals surface area contributed by atoms with Crippen molar-refractivity contribution in [2.45, 2.75) is 13.8 Å². The van der Waals surface area contributed by atoms with E-state index < -0.39 is 17.5 Å². The van der Waals surface area contributed by atoms with E-state index in [1.807, 2.05) is 31.2 Å². The smallest absolute Gasteiger partial charge is 0.373 e. The van der Waals surface area contributed by atoms with Crippen LogP contribution in [-0.2, 0) is 14.3 Å². The van der Waals surface area contributed by atoms with Crippen LogP contribution in [0.1, 0.15) is 18.2 Å². The molecule has 0 aliphatic heterocycles. The number of esters is 1. The van der Waals surface area contributed by atoms with E-state index in [1.54, 1.807) is 13.0 Å². The van der Waals surface area contributed by atoms with Crippen LogP contribution in [0.5, 0.6) is 0 Å². The van der Waals surface area contributed by atoms with Gasteiger partial charge in [0.2, 0.25) is 5.76 Å². The number of aliphatic hydroxyl groups excluding tert-OH is 1. The lowest BCUT2D eigenvalue weighted by Crippen LogP contribution is -2.08. The molecule has 114 valence electrons. The van der Waals surface area contributed by atoms with Gasteiger partial charge in [0.25, 0.3) is 0 Å². The van der Waals surface area contributed by atoms with Gasteiger partial charge in [0.05, 0.1) is 6.61 Å². The highest BCUT2D eigenvalue weighted by molar-refractivity contribution is 6.07. The number of carbonyl (C=O) groups is 2. The molecule has 1 heterocycles. The van der Waals surface area contributed by atoms with Crippen molar-refractivity contribution >= 4 is 28.7 Å². The molecule has 0 amide bonds. The van der Waals surface area contributed by atoms with E-state index in [0.717, 1.165) is 28.2 Å². The van der Waals surface area contributed by atoms with Gasteiger partial charge in [-0.15, -0.1) is 0 Å². The van der Waals surface area contributed by atoms with E-state index in [-0.39, 0.29) is 6.61 Å². The van der Waals surface area contributed by atoms with Gasteiger partial charge in [0, 0.05) is 28.2 Å². The highest BCUT2D eigenvalue weighted by Gasteiger charge is 2.10. The Balaban J connectivity index is 2.20. The number of ketones is 1. The van der Waals surface area contributed by atoms with Gasteiger partial charge in [0.1, 0.15) is 0 Å². The maximum Gasteiger partial charge on any atom is 0.373 e. The summed E-state index contributed by atoms with van der Waals surface area (Å²) in [6.45, 7) is 3.66. The molecule has 2 rings (SSSR count). The summed E-state index contributed by atoms with van der Waals surface area (Å²) in [5.41, 5.74) is 2.81. The molecule has 0 aliphatic rings. The zero-order valence-electron chi connectivity index (χ0n) is 12.4. The maximum atomic E-state index is 11.8. The molecule has 0 fully saturated rings. The Morgan fingerprint density at radius 1 is 1.32 bits per heavy atom. The van der Waals surface area contributed by atoms with Gasteiger partial charge in [-0.1, -0.05) is 18.2 Å². The van der Waals surface area contributed by atoms with E-state index >= 15 is 0 Å². The van der Waals surface area contributed by atoms with Crippen molar-refractivity contribution in [3.05, 3.63) is 53.4 Å².